The average Bonchev–Trinajstić information content (AvgIpc) is 2.44. The summed E-state index contributed by atoms with van der Waals surface area (Å²) in [6.45, 7) is 8.58. The predicted molar refractivity (Wildman–Crippen MR) is 85.1 cm³/mol. The van der Waals surface area contributed by atoms with E-state index in [0.29, 0.717) is 25.9 Å². The second kappa shape index (κ2) is 7.46. The van der Waals surface area contributed by atoms with Crippen LogP contribution in [0, 0.1) is 20.8 Å². The summed E-state index contributed by atoms with van der Waals surface area (Å²) in [5, 5.41) is 12.3. The molecule has 4 nitrogen and oxygen atoms in total. The molecule has 0 heterocycles. The first kappa shape index (κ1) is 17.5. The van der Waals surface area contributed by atoms with Gasteiger partial charge in [0.05, 0.1) is 6.61 Å². The number of carbonyl (C=O) groups is 1. The fourth-order valence-electron chi connectivity index (χ4n) is 2.55. The lowest BCUT2D eigenvalue weighted by Gasteiger charge is -2.27. The van der Waals surface area contributed by atoms with Crippen LogP contribution in [0.5, 0.6) is 5.75 Å². The van der Waals surface area contributed by atoms with Gasteiger partial charge in [0.1, 0.15) is 11.3 Å². The van der Waals surface area contributed by atoms with Gasteiger partial charge < -0.3 is 15.2 Å². The summed E-state index contributed by atoms with van der Waals surface area (Å²) in [5.41, 5.74) is 2.70. The van der Waals surface area contributed by atoms with E-state index >= 15 is 0 Å². The first-order chi connectivity index (χ1) is 9.86. The molecule has 2 N–H and O–H groups in total. The van der Waals surface area contributed by atoms with Crippen molar-refractivity contribution in [1.29, 1.82) is 0 Å². The van der Waals surface area contributed by atoms with Crippen molar-refractivity contribution in [3.8, 4) is 5.75 Å². The lowest BCUT2D eigenvalue weighted by atomic mass is 9.91. The minimum Gasteiger partial charge on any atom is -0.493 e. The Balaban J connectivity index is 2.60. The van der Waals surface area contributed by atoms with Crippen molar-refractivity contribution in [3.63, 3.8) is 0 Å². The Morgan fingerprint density at radius 1 is 1.33 bits per heavy atom. The van der Waals surface area contributed by atoms with Crippen LogP contribution in [-0.4, -0.2) is 30.3 Å². The molecule has 0 spiro atoms. The molecule has 0 saturated carbocycles. The number of hydrogen-bond donors (Lipinski definition) is 2. The Bertz CT molecular complexity index is 493. The summed E-state index contributed by atoms with van der Waals surface area (Å²) in [5.74, 6) is 0.101. The van der Waals surface area contributed by atoms with Crippen LogP contribution < -0.4 is 10.1 Å². The Kier molecular flexibility index (Phi) is 6.21. The number of hydrogen-bond acceptors (Lipinski definition) is 3. The van der Waals surface area contributed by atoms with Gasteiger partial charge in [-0.05, 0) is 69.8 Å². The Labute approximate surface area is 127 Å². The molecule has 0 bridgehead atoms. The van der Waals surface area contributed by atoms with Crippen LogP contribution in [0.3, 0.4) is 0 Å². The number of nitrogens with one attached hydrogen (secondary N) is 1. The molecule has 118 valence electrons. The summed E-state index contributed by atoms with van der Waals surface area (Å²) >= 11 is 0. The van der Waals surface area contributed by atoms with Crippen LogP contribution in [0.25, 0.3) is 0 Å². The molecule has 0 radical (unpaired) electrons. The van der Waals surface area contributed by atoms with Crippen LogP contribution in [0.4, 0.5) is 0 Å². The summed E-state index contributed by atoms with van der Waals surface area (Å²) < 4.78 is 5.84. The third-order valence-corrected chi connectivity index (χ3v) is 4.26. The summed E-state index contributed by atoms with van der Waals surface area (Å²) in [6.07, 6.45) is 1.81. The normalized spacial score (nSPS) is 13.8. The van der Waals surface area contributed by atoms with Gasteiger partial charge in [-0.1, -0.05) is 13.0 Å². The Hall–Kier alpha value is -1.55. The van der Waals surface area contributed by atoms with E-state index in [1.165, 1.54) is 11.1 Å². The number of likely N-dealkylation sites (N-methyl/N-ethyl adjacent to an activating group) is 1. The van der Waals surface area contributed by atoms with Crippen molar-refractivity contribution >= 4 is 5.97 Å². The maximum atomic E-state index is 11.4. The predicted octanol–water partition coefficient (Wildman–Crippen LogP) is 3.22. The summed E-state index contributed by atoms with van der Waals surface area (Å²) in [6, 6.07) is 4.17. The van der Waals surface area contributed by atoms with Gasteiger partial charge in [-0.15, -0.1) is 0 Å². The molecule has 0 saturated heterocycles. The lowest BCUT2D eigenvalue weighted by Crippen LogP contribution is -2.50. The van der Waals surface area contributed by atoms with Crippen molar-refractivity contribution in [2.24, 2.45) is 0 Å². The van der Waals surface area contributed by atoms with Crippen molar-refractivity contribution < 1.29 is 14.6 Å². The minimum atomic E-state index is -0.846. The smallest absolute Gasteiger partial charge is 0.323 e. The Morgan fingerprint density at radius 2 is 2.00 bits per heavy atom. The molecule has 0 amide bonds. The van der Waals surface area contributed by atoms with Crippen molar-refractivity contribution in [2.75, 3.05) is 13.7 Å². The van der Waals surface area contributed by atoms with Gasteiger partial charge >= 0.3 is 5.97 Å². The van der Waals surface area contributed by atoms with Gasteiger partial charge in [0.15, 0.2) is 0 Å². The fourth-order valence-corrected chi connectivity index (χ4v) is 2.55. The number of carboxylic acids is 1. The summed E-state index contributed by atoms with van der Waals surface area (Å²) in [4.78, 5) is 11.4. The van der Waals surface area contributed by atoms with E-state index in [4.69, 9.17) is 4.74 Å². The van der Waals surface area contributed by atoms with Crippen LogP contribution >= 0.6 is 0 Å². The molecule has 1 aromatic rings. The van der Waals surface area contributed by atoms with E-state index in [9.17, 15) is 9.90 Å². The van der Waals surface area contributed by atoms with E-state index in [0.717, 1.165) is 11.3 Å². The minimum absolute atomic E-state index is 0.528. The third-order valence-electron chi connectivity index (χ3n) is 4.26. The second-order valence-corrected chi connectivity index (χ2v) is 5.65. The first-order valence-electron chi connectivity index (χ1n) is 7.49. The van der Waals surface area contributed by atoms with E-state index in [-0.39, 0.29) is 0 Å². The maximum absolute atomic E-state index is 11.4. The van der Waals surface area contributed by atoms with Crippen molar-refractivity contribution in [3.05, 3.63) is 28.8 Å². The van der Waals surface area contributed by atoms with E-state index in [1.54, 1.807) is 7.05 Å². The van der Waals surface area contributed by atoms with Crippen LogP contribution in [0.2, 0.25) is 0 Å². The average molecular weight is 293 g/mol. The van der Waals surface area contributed by atoms with Gasteiger partial charge in [0.25, 0.3) is 0 Å². The molecular weight excluding hydrogens is 266 g/mol. The summed E-state index contributed by atoms with van der Waals surface area (Å²) in [7, 11) is 1.70. The van der Waals surface area contributed by atoms with Gasteiger partial charge in [-0.2, -0.15) is 0 Å². The molecule has 21 heavy (non-hydrogen) atoms. The SMILES string of the molecule is CCC(CCCOc1cc(C)cc(C)c1C)(NC)C(=O)O. The monoisotopic (exact) mass is 293 g/mol. The Morgan fingerprint density at radius 3 is 2.52 bits per heavy atom. The van der Waals surface area contributed by atoms with Crippen LogP contribution in [-0.2, 0) is 4.79 Å². The highest BCUT2D eigenvalue weighted by Crippen LogP contribution is 2.24. The fraction of sp³-hybridized carbons (Fsp3) is 0.588. The zero-order valence-corrected chi connectivity index (χ0v) is 13.7. The molecule has 0 fully saturated rings. The number of aliphatic carboxylic acids is 1. The highest BCUT2D eigenvalue weighted by atomic mass is 16.5. The molecule has 4 heteroatoms. The molecule has 1 rings (SSSR count). The molecule has 0 aliphatic rings. The first-order valence-corrected chi connectivity index (χ1v) is 7.49. The van der Waals surface area contributed by atoms with Crippen LogP contribution in [0.1, 0.15) is 42.9 Å². The molecule has 1 atom stereocenters. The number of carboxylic acid groups (broad SMARTS) is 1. The molecule has 1 unspecified atom stereocenters. The largest absolute Gasteiger partial charge is 0.493 e. The quantitative estimate of drug-likeness (QED) is 0.723. The van der Waals surface area contributed by atoms with Gasteiger partial charge in [0.2, 0.25) is 0 Å². The van der Waals surface area contributed by atoms with Crippen molar-refractivity contribution in [2.45, 2.75) is 52.5 Å². The van der Waals surface area contributed by atoms with E-state index in [2.05, 4.69) is 18.3 Å². The number of ether oxygens (including phenoxy) is 1. The standard InChI is InChI=1S/C17H27NO3/c1-6-17(18-5,16(19)20)8-7-9-21-15-11-12(2)10-13(3)14(15)4/h10-11,18H,6-9H2,1-5H3,(H,19,20). The number of benzene rings is 1. The zero-order chi connectivity index (χ0) is 16.0. The maximum Gasteiger partial charge on any atom is 0.323 e. The van der Waals surface area contributed by atoms with E-state index in [1.807, 2.05) is 26.8 Å². The third kappa shape index (κ3) is 4.21. The number of aryl methyl sites for hydroxylation is 2. The van der Waals surface area contributed by atoms with Gasteiger partial charge in [-0.3, -0.25) is 4.79 Å². The second-order valence-electron chi connectivity index (χ2n) is 5.65. The lowest BCUT2D eigenvalue weighted by molar-refractivity contribution is -0.145. The van der Waals surface area contributed by atoms with Gasteiger partial charge in [0, 0.05) is 0 Å². The van der Waals surface area contributed by atoms with Crippen LogP contribution in [0.15, 0.2) is 12.1 Å². The molecule has 1 aromatic carbocycles. The highest BCUT2D eigenvalue weighted by Gasteiger charge is 2.34. The molecule has 0 aliphatic carbocycles. The molecule has 0 aromatic heterocycles. The zero-order valence-electron chi connectivity index (χ0n) is 13.7. The molecule has 0 aliphatic heterocycles. The highest BCUT2D eigenvalue weighted by molar-refractivity contribution is 5.78. The molecular formula is C17H27NO3. The topological polar surface area (TPSA) is 58.6 Å². The van der Waals surface area contributed by atoms with Crippen molar-refractivity contribution in [1.82, 2.24) is 5.32 Å². The number of rotatable bonds is 8. The van der Waals surface area contributed by atoms with Gasteiger partial charge in [-0.25, -0.2) is 0 Å². The van der Waals surface area contributed by atoms with E-state index < -0.39 is 11.5 Å².